The molecule has 3 rings (SSSR count). The number of nitrogens with two attached hydrogens (primary N) is 1. The molecule has 1 aliphatic heterocycles. The molecule has 5 nitrogen and oxygen atoms in total. The molecule has 6 atom stereocenters. The minimum atomic E-state index is -1.33. The Hall–Kier alpha value is -2.30. The first-order valence-electron chi connectivity index (χ1n) is 8.20. The zero-order chi connectivity index (χ0) is 18.1. The topological polar surface area (TPSA) is 96.9 Å². The first-order valence-corrected chi connectivity index (χ1v) is 8.20. The summed E-state index contributed by atoms with van der Waals surface area (Å²) >= 11 is 0. The fraction of sp³-hybridized carbons (Fsp3) is 0.444. The van der Waals surface area contributed by atoms with Gasteiger partial charge in [-0.3, -0.25) is 10.3 Å². The molecule has 2 aliphatic carbocycles. The van der Waals surface area contributed by atoms with Crippen LogP contribution in [0.5, 0.6) is 0 Å². The Morgan fingerprint density at radius 2 is 2.24 bits per heavy atom. The number of nitriles is 1. The number of nitrogens with one attached hydrogen (secondary N) is 1. The fourth-order valence-corrected chi connectivity index (χ4v) is 3.64. The number of alkyl halides is 1. The fourth-order valence-electron chi connectivity index (χ4n) is 3.64. The molecule has 0 aromatic carbocycles. The second-order valence-corrected chi connectivity index (χ2v) is 6.56. The van der Waals surface area contributed by atoms with Crippen LogP contribution >= 0.6 is 0 Å². The third-order valence-electron chi connectivity index (χ3n) is 4.84. The van der Waals surface area contributed by atoms with Crippen molar-refractivity contribution in [1.82, 2.24) is 4.90 Å². The highest BCUT2D eigenvalue weighted by atomic mass is 19.1. The van der Waals surface area contributed by atoms with Crippen LogP contribution in [0, 0.1) is 22.7 Å². The molecule has 0 amide bonds. The van der Waals surface area contributed by atoms with Gasteiger partial charge in [-0.1, -0.05) is 18.2 Å². The van der Waals surface area contributed by atoms with Gasteiger partial charge in [-0.05, 0) is 24.5 Å². The zero-order valence-corrected chi connectivity index (χ0v) is 13.6. The van der Waals surface area contributed by atoms with Crippen molar-refractivity contribution in [3.05, 3.63) is 47.4 Å². The van der Waals surface area contributed by atoms with Gasteiger partial charge in [0.1, 0.15) is 18.2 Å². The molecule has 0 radical (unpaired) electrons. The molecule has 4 N–H and O–H groups in total. The number of hydrogen-bond acceptors (Lipinski definition) is 4. The lowest BCUT2D eigenvalue weighted by Gasteiger charge is -2.17. The summed E-state index contributed by atoms with van der Waals surface area (Å²) in [6, 6.07) is 1.51. The van der Waals surface area contributed by atoms with Crippen LogP contribution in [0.15, 0.2) is 47.4 Å². The highest BCUT2D eigenvalue weighted by Crippen LogP contribution is 2.46. The van der Waals surface area contributed by atoms with Crippen molar-refractivity contribution in [2.24, 2.45) is 11.7 Å². The van der Waals surface area contributed by atoms with E-state index < -0.39 is 18.2 Å². The summed E-state index contributed by atoms with van der Waals surface area (Å²) < 4.78 is 27.6. The van der Waals surface area contributed by atoms with Crippen LogP contribution in [0.2, 0.25) is 0 Å². The Kier molecular flexibility index (Phi) is 4.84. The number of aliphatic hydroxyl groups is 1. The minimum Gasteiger partial charge on any atom is -0.388 e. The SMILES string of the molecule is N#CC1=CCC(C2C(C3=C(F)CC(F)C=C3)N2C(O)CC(=N)N)C=C1. The number of allylic oxidation sites excluding steroid dienone is 5. The highest BCUT2D eigenvalue weighted by molar-refractivity contribution is 5.77. The van der Waals surface area contributed by atoms with Crippen molar-refractivity contribution in [3.63, 3.8) is 0 Å². The molecular weight excluding hydrogens is 326 g/mol. The number of rotatable bonds is 5. The van der Waals surface area contributed by atoms with E-state index in [0.29, 0.717) is 17.6 Å². The van der Waals surface area contributed by atoms with Gasteiger partial charge in [0.25, 0.3) is 0 Å². The molecule has 0 saturated carbocycles. The van der Waals surface area contributed by atoms with E-state index in [-0.39, 0.29) is 36.7 Å². The van der Waals surface area contributed by atoms with Gasteiger partial charge in [0.2, 0.25) is 0 Å². The lowest BCUT2D eigenvalue weighted by Crippen LogP contribution is -2.29. The van der Waals surface area contributed by atoms with Crippen LogP contribution in [0.3, 0.4) is 0 Å². The summed E-state index contributed by atoms with van der Waals surface area (Å²) in [5.41, 5.74) is 6.33. The molecule has 132 valence electrons. The molecule has 0 aromatic rings. The maximum atomic E-state index is 14.3. The number of amidine groups is 1. The van der Waals surface area contributed by atoms with Crippen molar-refractivity contribution in [2.45, 2.75) is 43.7 Å². The quantitative estimate of drug-likeness (QED) is 0.404. The van der Waals surface area contributed by atoms with Crippen LogP contribution in [0.25, 0.3) is 0 Å². The Morgan fingerprint density at radius 1 is 1.48 bits per heavy atom. The van der Waals surface area contributed by atoms with Crippen molar-refractivity contribution >= 4 is 5.84 Å². The van der Waals surface area contributed by atoms with Crippen LogP contribution in [0.4, 0.5) is 8.78 Å². The molecule has 1 heterocycles. The zero-order valence-electron chi connectivity index (χ0n) is 13.6. The molecule has 0 bridgehead atoms. The molecule has 7 heteroatoms. The average Bonchev–Trinajstić information content (AvgIpc) is 3.29. The average molecular weight is 346 g/mol. The summed E-state index contributed by atoms with van der Waals surface area (Å²) in [4.78, 5) is 1.71. The van der Waals surface area contributed by atoms with Gasteiger partial charge in [-0.25, -0.2) is 8.78 Å². The van der Waals surface area contributed by atoms with E-state index in [1.165, 1.54) is 12.2 Å². The maximum Gasteiger partial charge on any atom is 0.125 e. The molecule has 6 unspecified atom stereocenters. The van der Waals surface area contributed by atoms with Crippen LogP contribution in [0.1, 0.15) is 19.3 Å². The van der Waals surface area contributed by atoms with E-state index in [2.05, 4.69) is 6.07 Å². The van der Waals surface area contributed by atoms with Crippen molar-refractivity contribution in [2.75, 3.05) is 0 Å². The minimum absolute atomic E-state index is 0.000471. The van der Waals surface area contributed by atoms with Gasteiger partial charge in [0.15, 0.2) is 0 Å². The lowest BCUT2D eigenvalue weighted by atomic mass is 9.90. The van der Waals surface area contributed by atoms with E-state index in [0.717, 1.165) is 0 Å². The van der Waals surface area contributed by atoms with Gasteiger partial charge in [0.05, 0.1) is 17.9 Å². The highest BCUT2D eigenvalue weighted by Gasteiger charge is 2.56. The van der Waals surface area contributed by atoms with Crippen molar-refractivity contribution in [3.8, 4) is 6.07 Å². The molecule has 25 heavy (non-hydrogen) atoms. The molecular formula is C18H20F2N4O. The van der Waals surface area contributed by atoms with Gasteiger partial charge < -0.3 is 10.8 Å². The lowest BCUT2D eigenvalue weighted by molar-refractivity contribution is 0.0704. The first kappa shape index (κ1) is 17.5. The van der Waals surface area contributed by atoms with Crippen LogP contribution < -0.4 is 5.73 Å². The van der Waals surface area contributed by atoms with Crippen LogP contribution in [-0.2, 0) is 0 Å². The van der Waals surface area contributed by atoms with Gasteiger partial charge in [-0.2, -0.15) is 5.26 Å². The number of halogens is 2. The van der Waals surface area contributed by atoms with Gasteiger partial charge >= 0.3 is 0 Å². The van der Waals surface area contributed by atoms with Crippen molar-refractivity contribution in [1.29, 1.82) is 10.7 Å². The van der Waals surface area contributed by atoms with Crippen molar-refractivity contribution < 1.29 is 13.9 Å². The van der Waals surface area contributed by atoms with E-state index >= 15 is 0 Å². The van der Waals surface area contributed by atoms with E-state index in [1.807, 2.05) is 12.2 Å². The summed E-state index contributed by atoms with van der Waals surface area (Å²) in [6.45, 7) is 0. The second-order valence-electron chi connectivity index (χ2n) is 6.56. The molecule has 3 aliphatic rings. The Labute approximate surface area is 144 Å². The number of nitrogens with zero attached hydrogens (tertiary/aromatic N) is 2. The standard InChI is InChI=1S/C18H20F2N4O/c19-12-5-6-13(14(20)7-12)18-17(24(18)16(25)8-15(22)23)11-3-1-10(9-21)2-4-11/h1-3,5-6,11-12,16-18,25H,4,7-8H2,(H3,22,23). The maximum absolute atomic E-state index is 14.3. The third-order valence-corrected chi connectivity index (χ3v) is 4.84. The smallest absolute Gasteiger partial charge is 0.125 e. The third kappa shape index (κ3) is 3.55. The molecule has 1 saturated heterocycles. The first-order chi connectivity index (χ1) is 11.9. The largest absolute Gasteiger partial charge is 0.388 e. The second kappa shape index (κ2) is 6.90. The summed E-state index contributed by atoms with van der Waals surface area (Å²) in [5, 5.41) is 26.7. The number of aliphatic hydroxyl groups excluding tert-OH is 1. The van der Waals surface area contributed by atoms with Crippen LogP contribution in [-0.4, -0.2) is 40.3 Å². The predicted octanol–water partition coefficient (Wildman–Crippen LogP) is 2.23. The molecule has 1 fully saturated rings. The summed E-state index contributed by atoms with van der Waals surface area (Å²) in [7, 11) is 0. The molecule has 0 spiro atoms. The van der Waals surface area contributed by atoms with Gasteiger partial charge in [0, 0.05) is 30.0 Å². The number of hydrogen-bond donors (Lipinski definition) is 3. The van der Waals surface area contributed by atoms with Gasteiger partial charge in [-0.15, -0.1) is 0 Å². The Bertz CT molecular complexity index is 734. The predicted molar refractivity (Wildman–Crippen MR) is 89.7 cm³/mol. The normalized spacial score (nSPS) is 35.1. The monoisotopic (exact) mass is 346 g/mol. The molecule has 0 aromatic heterocycles. The Morgan fingerprint density at radius 3 is 2.80 bits per heavy atom. The van der Waals surface area contributed by atoms with E-state index in [4.69, 9.17) is 16.4 Å². The van der Waals surface area contributed by atoms with E-state index in [1.54, 1.807) is 11.0 Å². The Balaban J connectivity index is 1.82. The van der Waals surface area contributed by atoms with E-state index in [9.17, 15) is 13.9 Å². The summed E-state index contributed by atoms with van der Waals surface area (Å²) in [6.07, 6.45) is 6.16. The summed E-state index contributed by atoms with van der Waals surface area (Å²) in [5.74, 6) is -0.656.